The van der Waals surface area contributed by atoms with E-state index in [1.54, 1.807) is 7.11 Å². The van der Waals surface area contributed by atoms with Gasteiger partial charge in [0, 0.05) is 13.1 Å². The molecule has 2 rings (SSSR count). The van der Waals surface area contributed by atoms with Crippen molar-refractivity contribution in [3.63, 3.8) is 0 Å². The molecule has 3 nitrogen and oxygen atoms in total. The van der Waals surface area contributed by atoms with Crippen molar-refractivity contribution in [2.45, 2.75) is 25.7 Å². The van der Waals surface area contributed by atoms with E-state index in [2.05, 4.69) is 0 Å². The maximum absolute atomic E-state index is 12.2. The average Bonchev–Trinajstić information content (AvgIpc) is 2.61. The molecule has 1 aliphatic rings. The first-order valence-corrected chi connectivity index (χ1v) is 6.61. The molecule has 0 spiro atoms. The number of carbonyl (C=O) groups excluding carboxylic acids is 1. The average molecular weight is 239 g/mol. The topological polar surface area (TPSA) is 29.5 Å². The largest absolute Gasteiger partial charge is 0.495 e. The molecule has 1 aliphatic heterocycles. The van der Waals surface area contributed by atoms with Gasteiger partial charge in [-0.1, -0.05) is 12.8 Å². The second kappa shape index (κ2) is 5.34. The zero-order valence-electron chi connectivity index (χ0n) is 9.57. The Morgan fingerprint density at radius 2 is 2.00 bits per heavy atom. The monoisotopic (exact) mass is 239 g/mol. The quantitative estimate of drug-likeness (QED) is 0.794. The van der Waals surface area contributed by atoms with Crippen molar-refractivity contribution in [2.75, 3.05) is 20.2 Å². The highest BCUT2D eigenvalue weighted by Crippen LogP contribution is 2.26. The molecule has 1 aromatic heterocycles. The molecule has 1 saturated heterocycles. The van der Waals surface area contributed by atoms with Gasteiger partial charge in [0.2, 0.25) is 0 Å². The third kappa shape index (κ3) is 2.38. The van der Waals surface area contributed by atoms with E-state index in [1.165, 1.54) is 24.2 Å². The van der Waals surface area contributed by atoms with E-state index in [1.807, 2.05) is 16.3 Å². The molecule has 0 N–H and O–H groups in total. The van der Waals surface area contributed by atoms with Gasteiger partial charge in [-0.25, -0.2) is 0 Å². The minimum Gasteiger partial charge on any atom is -0.495 e. The number of hydrogen-bond donors (Lipinski definition) is 0. The predicted molar refractivity (Wildman–Crippen MR) is 65.2 cm³/mol. The number of carbonyl (C=O) groups is 1. The Labute approximate surface area is 100 Å². The maximum Gasteiger partial charge on any atom is 0.267 e. The Hall–Kier alpha value is -1.03. The Morgan fingerprint density at radius 3 is 2.62 bits per heavy atom. The van der Waals surface area contributed by atoms with Gasteiger partial charge in [0.1, 0.15) is 10.6 Å². The summed E-state index contributed by atoms with van der Waals surface area (Å²) in [6, 6.07) is 1.86. The second-order valence-corrected chi connectivity index (χ2v) is 4.94. The second-order valence-electron chi connectivity index (χ2n) is 4.02. The van der Waals surface area contributed by atoms with Crippen LogP contribution in [0.1, 0.15) is 35.4 Å². The van der Waals surface area contributed by atoms with E-state index < -0.39 is 0 Å². The van der Waals surface area contributed by atoms with Crippen LogP contribution in [0.5, 0.6) is 5.75 Å². The van der Waals surface area contributed by atoms with Crippen LogP contribution in [0.15, 0.2) is 11.4 Å². The van der Waals surface area contributed by atoms with Gasteiger partial charge >= 0.3 is 0 Å². The Morgan fingerprint density at radius 1 is 1.31 bits per heavy atom. The molecule has 1 fully saturated rings. The normalized spacial score (nSPS) is 16.9. The van der Waals surface area contributed by atoms with Crippen LogP contribution >= 0.6 is 11.3 Å². The summed E-state index contributed by atoms with van der Waals surface area (Å²) in [5, 5.41) is 1.91. The summed E-state index contributed by atoms with van der Waals surface area (Å²) in [4.78, 5) is 14.9. The summed E-state index contributed by atoms with van der Waals surface area (Å²) in [5.74, 6) is 0.841. The summed E-state index contributed by atoms with van der Waals surface area (Å²) >= 11 is 1.47. The van der Waals surface area contributed by atoms with Gasteiger partial charge in [-0.15, -0.1) is 11.3 Å². The molecular weight excluding hydrogens is 222 g/mol. The third-order valence-corrected chi connectivity index (χ3v) is 3.82. The lowest BCUT2D eigenvalue weighted by atomic mass is 10.2. The number of likely N-dealkylation sites (tertiary alicyclic amines) is 1. The smallest absolute Gasteiger partial charge is 0.267 e. The first kappa shape index (κ1) is 11.5. The van der Waals surface area contributed by atoms with Gasteiger partial charge in [-0.05, 0) is 24.3 Å². The number of amides is 1. The van der Waals surface area contributed by atoms with Gasteiger partial charge < -0.3 is 9.64 Å². The van der Waals surface area contributed by atoms with Gasteiger partial charge in [0.05, 0.1) is 7.11 Å². The molecule has 0 aromatic carbocycles. The molecule has 2 heterocycles. The number of hydrogen-bond acceptors (Lipinski definition) is 3. The highest BCUT2D eigenvalue weighted by Gasteiger charge is 2.21. The van der Waals surface area contributed by atoms with Crippen LogP contribution in [0.4, 0.5) is 0 Å². The lowest BCUT2D eigenvalue weighted by Crippen LogP contribution is -2.31. The van der Waals surface area contributed by atoms with Gasteiger partial charge in [-0.3, -0.25) is 4.79 Å². The standard InChI is InChI=1S/C12H17NO2S/c1-15-10-6-9-16-11(10)12(14)13-7-4-2-3-5-8-13/h6,9H,2-5,7-8H2,1H3. The van der Waals surface area contributed by atoms with E-state index in [-0.39, 0.29) is 5.91 Å². The zero-order chi connectivity index (χ0) is 11.4. The lowest BCUT2D eigenvalue weighted by molar-refractivity contribution is 0.0763. The van der Waals surface area contributed by atoms with Crippen molar-refractivity contribution in [1.29, 1.82) is 0 Å². The Balaban J connectivity index is 2.11. The number of rotatable bonds is 2. The molecule has 0 bridgehead atoms. The van der Waals surface area contributed by atoms with Crippen molar-refractivity contribution in [2.24, 2.45) is 0 Å². The zero-order valence-corrected chi connectivity index (χ0v) is 10.4. The fourth-order valence-corrected chi connectivity index (χ4v) is 2.86. The van der Waals surface area contributed by atoms with E-state index in [0.717, 1.165) is 30.8 Å². The fraction of sp³-hybridized carbons (Fsp3) is 0.583. The van der Waals surface area contributed by atoms with Crippen molar-refractivity contribution in [3.8, 4) is 5.75 Å². The maximum atomic E-state index is 12.2. The van der Waals surface area contributed by atoms with Crippen molar-refractivity contribution >= 4 is 17.2 Å². The highest BCUT2D eigenvalue weighted by molar-refractivity contribution is 7.12. The van der Waals surface area contributed by atoms with Crippen LogP contribution in [-0.4, -0.2) is 31.0 Å². The molecule has 16 heavy (non-hydrogen) atoms. The Bertz CT molecular complexity index is 354. The summed E-state index contributed by atoms with van der Waals surface area (Å²) in [6.07, 6.45) is 4.73. The third-order valence-electron chi connectivity index (χ3n) is 2.94. The van der Waals surface area contributed by atoms with Gasteiger partial charge in [0.25, 0.3) is 5.91 Å². The molecular formula is C12H17NO2S. The summed E-state index contributed by atoms with van der Waals surface area (Å²) in [7, 11) is 1.61. The van der Waals surface area contributed by atoms with Crippen LogP contribution in [0, 0.1) is 0 Å². The first-order chi connectivity index (χ1) is 7.83. The number of thiophene rings is 1. The molecule has 0 atom stereocenters. The summed E-state index contributed by atoms with van der Waals surface area (Å²) in [6.45, 7) is 1.78. The molecule has 0 aliphatic carbocycles. The molecule has 88 valence electrons. The van der Waals surface area contributed by atoms with E-state index >= 15 is 0 Å². The summed E-state index contributed by atoms with van der Waals surface area (Å²) in [5.41, 5.74) is 0. The molecule has 0 unspecified atom stereocenters. The minimum atomic E-state index is 0.133. The lowest BCUT2D eigenvalue weighted by Gasteiger charge is -2.19. The fourth-order valence-electron chi connectivity index (χ4n) is 2.03. The molecule has 0 saturated carbocycles. The van der Waals surface area contributed by atoms with E-state index in [4.69, 9.17) is 4.74 Å². The van der Waals surface area contributed by atoms with Crippen molar-refractivity contribution < 1.29 is 9.53 Å². The highest BCUT2D eigenvalue weighted by atomic mass is 32.1. The first-order valence-electron chi connectivity index (χ1n) is 5.73. The number of methoxy groups -OCH3 is 1. The van der Waals surface area contributed by atoms with Crippen LogP contribution in [0.2, 0.25) is 0 Å². The Kier molecular flexibility index (Phi) is 3.83. The van der Waals surface area contributed by atoms with Gasteiger partial charge in [0.15, 0.2) is 0 Å². The minimum absolute atomic E-state index is 0.133. The molecule has 1 amide bonds. The van der Waals surface area contributed by atoms with Crippen molar-refractivity contribution in [3.05, 3.63) is 16.3 Å². The van der Waals surface area contributed by atoms with Crippen molar-refractivity contribution in [1.82, 2.24) is 4.90 Å². The SMILES string of the molecule is COc1ccsc1C(=O)N1CCCCCC1. The van der Waals surface area contributed by atoms with Crippen LogP contribution in [-0.2, 0) is 0 Å². The molecule has 0 radical (unpaired) electrons. The molecule has 1 aromatic rings. The number of nitrogens with zero attached hydrogens (tertiary/aromatic N) is 1. The van der Waals surface area contributed by atoms with E-state index in [0.29, 0.717) is 5.75 Å². The summed E-state index contributed by atoms with van der Waals surface area (Å²) < 4.78 is 5.19. The van der Waals surface area contributed by atoms with E-state index in [9.17, 15) is 4.79 Å². The van der Waals surface area contributed by atoms with Gasteiger partial charge in [-0.2, -0.15) is 0 Å². The molecule has 4 heteroatoms. The predicted octanol–water partition coefficient (Wildman–Crippen LogP) is 2.77. The van der Waals surface area contributed by atoms with Crippen LogP contribution in [0.25, 0.3) is 0 Å². The number of ether oxygens (including phenoxy) is 1. The van der Waals surface area contributed by atoms with Crippen LogP contribution < -0.4 is 4.74 Å². The van der Waals surface area contributed by atoms with Crippen LogP contribution in [0.3, 0.4) is 0 Å².